The summed E-state index contributed by atoms with van der Waals surface area (Å²) in [5.74, 6) is 0. The van der Waals surface area contributed by atoms with Gasteiger partial charge >= 0.3 is 0 Å². The first-order chi connectivity index (χ1) is 3.72. The van der Waals surface area contributed by atoms with Gasteiger partial charge in [0.25, 0.3) is 0 Å². The van der Waals surface area contributed by atoms with Crippen LogP contribution in [-0.2, 0) is 0 Å². The molecule has 66 valence electrons. The SMILES string of the molecule is [Cl-].[Cl-].[NH3+]CC(F)C(F)C[NH3+]. The largest absolute Gasteiger partial charge is 1.00 e. The van der Waals surface area contributed by atoms with Crippen LogP contribution in [0.15, 0.2) is 0 Å². The van der Waals surface area contributed by atoms with Crippen LogP contribution in [0, 0.1) is 0 Å². The van der Waals surface area contributed by atoms with E-state index in [0.717, 1.165) is 0 Å². The molecule has 0 amide bonds. The Bertz CT molecular complexity index is 59.2. The van der Waals surface area contributed by atoms with E-state index in [1.165, 1.54) is 0 Å². The van der Waals surface area contributed by atoms with E-state index in [2.05, 4.69) is 11.5 Å². The molecule has 0 rings (SSSR count). The topological polar surface area (TPSA) is 55.3 Å². The molecule has 0 aliphatic rings. The zero-order valence-electron chi connectivity index (χ0n) is 5.49. The average molecular weight is 197 g/mol. The summed E-state index contributed by atoms with van der Waals surface area (Å²) in [6.07, 6.45) is -2.85. The lowest BCUT2D eigenvalue weighted by Crippen LogP contribution is -3.00. The van der Waals surface area contributed by atoms with Crippen LogP contribution in [0.2, 0.25) is 0 Å². The van der Waals surface area contributed by atoms with Gasteiger partial charge in [0.1, 0.15) is 13.1 Å². The molecular formula is C4H12Cl2F2N2. The first kappa shape index (κ1) is 16.8. The number of quaternary nitrogens is 2. The highest BCUT2D eigenvalue weighted by atomic mass is 35.5. The molecular weight excluding hydrogens is 185 g/mol. The zero-order chi connectivity index (χ0) is 6.57. The molecule has 0 heterocycles. The fourth-order valence-corrected chi connectivity index (χ4v) is 0.362. The molecule has 0 spiro atoms. The lowest BCUT2D eigenvalue weighted by molar-refractivity contribution is -0.404. The third-order valence-corrected chi connectivity index (χ3v) is 0.944. The number of halogens is 4. The minimum Gasteiger partial charge on any atom is -1.00 e. The minimum absolute atomic E-state index is 0. The Kier molecular flexibility index (Phi) is 15.7. The Morgan fingerprint density at radius 2 is 1.10 bits per heavy atom. The summed E-state index contributed by atoms with van der Waals surface area (Å²) in [5, 5.41) is 0. The second-order valence-electron chi connectivity index (χ2n) is 1.61. The summed E-state index contributed by atoms with van der Waals surface area (Å²) < 4.78 is 24.1. The van der Waals surface area contributed by atoms with Crippen molar-refractivity contribution in [2.24, 2.45) is 0 Å². The van der Waals surface area contributed by atoms with Crippen molar-refractivity contribution >= 4 is 0 Å². The summed E-state index contributed by atoms with van der Waals surface area (Å²) >= 11 is 0. The number of rotatable bonds is 3. The lowest BCUT2D eigenvalue weighted by atomic mass is 10.2. The molecule has 0 saturated carbocycles. The highest BCUT2D eigenvalue weighted by Gasteiger charge is 2.19. The molecule has 2 unspecified atom stereocenters. The van der Waals surface area contributed by atoms with E-state index in [0.29, 0.717) is 0 Å². The van der Waals surface area contributed by atoms with Gasteiger partial charge in [-0.2, -0.15) is 0 Å². The van der Waals surface area contributed by atoms with Crippen LogP contribution in [0.4, 0.5) is 8.78 Å². The summed E-state index contributed by atoms with van der Waals surface area (Å²) in [5.41, 5.74) is 6.42. The third-order valence-electron chi connectivity index (χ3n) is 0.944. The van der Waals surface area contributed by atoms with Crippen LogP contribution in [-0.4, -0.2) is 25.4 Å². The second kappa shape index (κ2) is 9.36. The van der Waals surface area contributed by atoms with Crippen molar-refractivity contribution in [3.8, 4) is 0 Å². The first-order valence-corrected chi connectivity index (χ1v) is 2.59. The maximum atomic E-state index is 12.0. The van der Waals surface area contributed by atoms with Gasteiger partial charge in [-0.25, -0.2) is 8.78 Å². The number of hydrogen-bond acceptors (Lipinski definition) is 0. The Morgan fingerprint density at radius 3 is 1.20 bits per heavy atom. The lowest BCUT2D eigenvalue weighted by Gasteiger charge is -2.02. The van der Waals surface area contributed by atoms with Crippen molar-refractivity contribution in [3.63, 3.8) is 0 Å². The van der Waals surface area contributed by atoms with E-state index in [1.807, 2.05) is 0 Å². The summed E-state index contributed by atoms with van der Waals surface area (Å²) in [4.78, 5) is 0. The van der Waals surface area contributed by atoms with Crippen molar-refractivity contribution in [1.82, 2.24) is 0 Å². The standard InChI is InChI=1S/C4H10F2N2.2ClH/c5-3(1-7)4(6)2-8;;/h3-4H,1-2,7-8H2;2*1H. The van der Waals surface area contributed by atoms with Gasteiger partial charge < -0.3 is 36.3 Å². The molecule has 10 heavy (non-hydrogen) atoms. The van der Waals surface area contributed by atoms with Crippen molar-refractivity contribution in [1.29, 1.82) is 0 Å². The second-order valence-corrected chi connectivity index (χ2v) is 1.61. The highest BCUT2D eigenvalue weighted by molar-refractivity contribution is 4.62. The van der Waals surface area contributed by atoms with E-state index in [9.17, 15) is 8.78 Å². The molecule has 2 nitrogen and oxygen atoms in total. The molecule has 0 saturated heterocycles. The smallest absolute Gasteiger partial charge is 0.185 e. The van der Waals surface area contributed by atoms with Gasteiger partial charge in [-0.05, 0) is 0 Å². The van der Waals surface area contributed by atoms with Crippen molar-refractivity contribution in [2.75, 3.05) is 13.1 Å². The Morgan fingerprint density at radius 1 is 0.900 bits per heavy atom. The molecule has 0 aliphatic carbocycles. The predicted molar refractivity (Wildman–Crippen MR) is 25.3 cm³/mol. The molecule has 0 aliphatic heterocycles. The molecule has 0 radical (unpaired) electrons. The van der Waals surface area contributed by atoms with Gasteiger partial charge in [-0.1, -0.05) is 0 Å². The van der Waals surface area contributed by atoms with Gasteiger partial charge in [0.15, 0.2) is 12.3 Å². The van der Waals surface area contributed by atoms with E-state index >= 15 is 0 Å². The van der Waals surface area contributed by atoms with Gasteiger partial charge in [0.05, 0.1) is 0 Å². The summed E-state index contributed by atoms with van der Waals surface area (Å²) in [6.45, 7) is -0.00657. The van der Waals surface area contributed by atoms with Crippen molar-refractivity contribution in [2.45, 2.75) is 12.3 Å². The Balaban J connectivity index is -0.000000245. The minimum atomic E-state index is -1.42. The van der Waals surface area contributed by atoms with Crippen LogP contribution in [0.1, 0.15) is 0 Å². The molecule has 6 heteroatoms. The van der Waals surface area contributed by atoms with E-state index in [1.54, 1.807) is 0 Å². The van der Waals surface area contributed by atoms with E-state index < -0.39 is 12.3 Å². The average Bonchev–Trinajstić information content (AvgIpc) is 1.84. The third kappa shape index (κ3) is 6.48. The van der Waals surface area contributed by atoms with Crippen LogP contribution < -0.4 is 36.3 Å². The maximum absolute atomic E-state index is 12.0. The van der Waals surface area contributed by atoms with Crippen molar-refractivity contribution in [3.05, 3.63) is 0 Å². The van der Waals surface area contributed by atoms with Crippen LogP contribution in [0.3, 0.4) is 0 Å². The maximum Gasteiger partial charge on any atom is 0.185 e. The quantitative estimate of drug-likeness (QED) is 0.451. The molecule has 0 bridgehead atoms. The van der Waals surface area contributed by atoms with E-state index in [4.69, 9.17) is 0 Å². The van der Waals surface area contributed by atoms with Crippen molar-refractivity contribution < 1.29 is 45.1 Å². The molecule has 0 aromatic carbocycles. The molecule has 0 fully saturated rings. The molecule has 0 aromatic heterocycles. The van der Waals surface area contributed by atoms with Crippen LogP contribution >= 0.6 is 0 Å². The van der Waals surface area contributed by atoms with E-state index in [-0.39, 0.29) is 37.9 Å². The molecule has 2 atom stereocenters. The van der Waals surface area contributed by atoms with Gasteiger partial charge in [-0.15, -0.1) is 0 Å². The molecule has 0 aromatic rings. The predicted octanol–water partition coefficient (Wildman–Crippen LogP) is -7.85. The fraction of sp³-hybridized carbons (Fsp3) is 1.00. The molecule has 6 N–H and O–H groups in total. The summed E-state index contributed by atoms with van der Waals surface area (Å²) in [7, 11) is 0. The van der Waals surface area contributed by atoms with Gasteiger partial charge in [0, 0.05) is 0 Å². The van der Waals surface area contributed by atoms with Gasteiger partial charge in [0.2, 0.25) is 0 Å². The summed E-state index contributed by atoms with van der Waals surface area (Å²) in [6, 6.07) is 0. The normalized spacial score (nSPS) is 14.4. The Labute approximate surface area is 71.2 Å². The fourth-order valence-electron chi connectivity index (χ4n) is 0.362. The van der Waals surface area contributed by atoms with Gasteiger partial charge in [-0.3, -0.25) is 0 Å². The first-order valence-electron chi connectivity index (χ1n) is 2.59. The zero-order valence-corrected chi connectivity index (χ0v) is 7.01. The van der Waals surface area contributed by atoms with Crippen LogP contribution in [0.5, 0.6) is 0 Å². The monoisotopic (exact) mass is 196 g/mol. The number of hydrogen-bond donors (Lipinski definition) is 2. The highest BCUT2D eigenvalue weighted by Crippen LogP contribution is 1.97. The number of alkyl halides is 2. The Hall–Kier alpha value is 0.360. The van der Waals surface area contributed by atoms with Crippen LogP contribution in [0.25, 0.3) is 0 Å².